The number of amides is 1. The number of aromatic nitrogens is 1. The summed E-state index contributed by atoms with van der Waals surface area (Å²) in [6, 6.07) is 10.8. The number of hydrogen-bond acceptors (Lipinski definition) is 3. The summed E-state index contributed by atoms with van der Waals surface area (Å²) in [6.07, 6.45) is -2.69. The zero-order chi connectivity index (χ0) is 20.3. The van der Waals surface area contributed by atoms with Gasteiger partial charge in [0.2, 0.25) is 5.88 Å². The minimum absolute atomic E-state index is 0.271. The van der Waals surface area contributed by atoms with Gasteiger partial charge in [0, 0.05) is 5.69 Å². The predicted octanol–water partition coefficient (Wildman–Crippen LogP) is 5.48. The molecule has 0 aliphatic carbocycles. The largest absolute Gasteiger partial charge is 0.435 e. The molecule has 3 aromatic rings. The average Bonchev–Trinajstić information content (AvgIpc) is 2.67. The molecule has 1 N–H and O–H groups in total. The third-order valence-electron chi connectivity index (χ3n) is 3.63. The first-order chi connectivity index (χ1) is 13.4. The smallest absolute Gasteiger partial charge is 0.266 e. The Morgan fingerprint density at radius 2 is 1.68 bits per heavy atom. The molecule has 0 spiro atoms. The maximum absolute atomic E-state index is 14.3. The van der Waals surface area contributed by atoms with E-state index in [4.69, 9.17) is 4.74 Å². The van der Waals surface area contributed by atoms with E-state index in [9.17, 15) is 26.7 Å². The summed E-state index contributed by atoms with van der Waals surface area (Å²) in [5, 5.41) is 2.32. The summed E-state index contributed by atoms with van der Waals surface area (Å²) < 4.78 is 72.7. The highest BCUT2D eigenvalue weighted by Crippen LogP contribution is 2.33. The van der Waals surface area contributed by atoms with Crippen LogP contribution in [0.4, 0.5) is 27.6 Å². The number of nitrogens with one attached hydrogen (secondary N) is 1. The number of anilines is 1. The van der Waals surface area contributed by atoms with E-state index in [1.54, 1.807) is 18.2 Å². The normalized spacial score (nSPS) is 10.8. The third kappa shape index (κ3) is 3.93. The van der Waals surface area contributed by atoms with Crippen molar-refractivity contribution in [3.8, 4) is 11.6 Å². The van der Waals surface area contributed by atoms with Crippen LogP contribution in [0.2, 0.25) is 0 Å². The lowest BCUT2D eigenvalue weighted by Crippen LogP contribution is -2.17. The minimum atomic E-state index is -3.12. The van der Waals surface area contributed by atoms with Crippen LogP contribution in [-0.2, 0) is 0 Å². The molecule has 0 saturated heterocycles. The van der Waals surface area contributed by atoms with Gasteiger partial charge in [0.25, 0.3) is 12.3 Å². The van der Waals surface area contributed by atoms with Crippen LogP contribution in [-0.4, -0.2) is 10.9 Å². The number of rotatable bonds is 5. The lowest BCUT2D eigenvalue weighted by atomic mass is 10.2. The number of ether oxygens (including phenoxy) is 1. The molecule has 3 rings (SSSR count). The first-order valence-corrected chi connectivity index (χ1v) is 7.83. The second-order valence-electron chi connectivity index (χ2n) is 5.48. The number of carbonyl (C=O) groups excluding carboxylic acids is 1. The van der Waals surface area contributed by atoms with Crippen LogP contribution in [0.5, 0.6) is 11.6 Å². The van der Waals surface area contributed by atoms with Gasteiger partial charge >= 0.3 is 0 Å². The van der Waals surface area contributed by atoms with Crippen LogP contribution in [0.3, 0.4) is 0 Å². The van der Waals surface area contributed by atoms with Gasteiger partial charge in [-0.3, -0.25) is 4.79 Å². The number of hydrogen-bond donors (Lipinski definition) is 1. The van der Waals surface area contributed by atoms with Crippen molar-refractivity contribution >= 4 is 11.6 Å². The maximum atomic E-state index is 14.3. The van der Waals surface area contributed by atoms with Crippen molar-refractivity contribution in [1.29, 1.82) is 0 Å². The number of nitrogens with zero attached hydrogens (tertiary/aromatic N) is 1. The molecule has 1 heterocycles. The van der Waals surface area contributed by atoms with E-state index in [-0.39, 0.29) is 5.69 Å². The second-order valence-corrected chi connectivity index (χ2v) is 5.48. The van der Waals surface area contributed by atoms with E-state index >= 15 is 0 Å². The first kappa shape index (κ1) is 19.3. The van der Waals surface area contributed by atoms with E-state index in [2.05, 4.69) is 10.3 Å². The molecule has 0 aliphatic rings. The van der Waals surface area contributed by atoms with Crippen LogP contribution in [0.1, 0.15) is 22.3 Å². The SMILES string of the molecule is O=C(Nc1ccccc1)c1c(Oc2cccc(C(F)F)c2F)ncc(F)c1F. The Kier molecular flexibility index (Phi) is 5.53. The predicted molar refractivity (Wildman–Crippen MR) is 90.0 cm³/mol. The van der Waals surface area contributed by atoms with Crippen molar-refractivity contribution in [2.24, 2.45) is 0 Å². The van der Waals surface area contributed by atoms with Crippen LogP contribution in [0, 0.1) is 17.5 Å². The summed E-state index contributed by atoms with van der Waals surface area (Å²) in [5.74, 6) is -7.03. The molecule has 9 heteroatoms. The van der Waals surface area contributed by atoms with Gasteiger partial charge in [0.15, 0.2) is 23.2 Å². The number of benzene rings is 2. The van der Waals surface area contributed by atoms with Gasteiger partial charge in [-0.05, 0) is 18.2 Å². The highest BCUT2D eigenvalue weighted by Gasteiger charge is 2.25. The van der Waals surface area contributed by atoms with Crippen molar-refractivity contribution in [3.63, 3.8) is 0 Å². The van der Waals surface area contributed by atoms with Gasteiger partial charge in [-0.25, -0.2) is 26.9 Å². The van der Waals surface area contributed by atoms with E-state index in [1.165, 1.54) is 12.1 Å². The molecule has 0 fully saturated rings. The quantitative estimate of drug-likeness (QED) is 0.583. The maximum Gasteiger partial charge on any atom is 0.266 e. The van der Waals surface area contributed by atoms with Crippen molar-refractivity contribution in [3.05, 3.63) is 83.3 Å². The standard InChI is InChI=1S/C19H11F5N2O2/c20-12-9-25-19(28-13-8-4-7-11(15(13)21)17(23)24)14(16(12)22)18(27)26-10-5-2-1-3-6-10/h1-9,17H,(H,26,27). The minimum Gasteiger partial charge on any atom is -0.435 e. The van der Waals surface area contributed by atoms with E-state index in [0.29, 0.717) is 6.20 Å². The molecule has 1 aromatic heterocycles. The van der Waals surface area contributed by atoms with Crippen molar-refractivity contribution in [2.45, 2.75) is 6.43 Å². The third-order valence-corrected chi connectivity index (χ3v) is 3.63. The molecule has 4 nitrogen and oxygen atoms in total. The number of alkyl halides is 2. The van der Waals surface area contributed by atoms with Gasteiger partial charge < -0.3 is 10.1 Å². The fourth-order valence-electron chi connectivity index (χ4n) is 2.32. The molecule has 28 heavy (non-hydrogen) atoms. The van der Waals surface area contributed by atoms with Gasteiger partial charge in [-0.15, -0.1) is 0 Å². The summed E-state index contributed by atoms with van der Waals surface area (Å²) >= 11 is 0. The topological polar surface area (TPSA) is 51.2 Å². The zero-order valence-electron chi connectivity index (χ0n) is 13.9. The van der Waals surface area contributed by atoms with Gasteiger partial charge in [-0.1, -0.05) is 30.3 Å². The molecule has 0 saturated carbocycles. The molecule has 0 radical (unpaired) electrons. The molecule has 0 aliphatic heterocycles. The number of para-hydroxylation sites is 1. The molecule has 144 valence electrons. The Morgan fingerprint density at radius 1 is 0.964 bits per heavy atom. The fraction of sp³-hybridized carbons (Fsp3) is 0.0526. The highest BCUT2D eigenvalue weighted by molar-refractivity contribution is 6.06. The number of halogens is 5. The summed E-state index contributed by atoms with van der Waals surface area (Å²) in [7, 11) is 0. The molecular formula is C19H11F5N2O2. The van der Waals surface area contributed by atoms with E-state index in [1.807, 2.05) is 0 Å². The Hall–Kier alpha value is -3.49. The van der Waals surface area contributed by atoms with Crippen LogP contribution in [0.25, 0.3) is 0 Å². The summed E-state index contributed by atoms with van der Waals surface area (Å²) in [4.78, 5) is 15.9. The van der Waals surface area contributed by atoms with Crippen molar-refractivity contribution in [2.75, 3.05) is 5.32 Å². The summed E-state index contributed by atoms with van der Waals surface area (Å²) in [5.41, 5.74) is -1.62. The van der Waals surface area contributed by atoms with E-state index in [0.717, 1.165) is 18.2 Å². The Morgan fingerprint density at radius 3 is 2.36 bits per heavy atom. The summed E-state index contributed by atoms with van der Waals surface area (Å²) in [6.45, 7) is 0. The monoisotopic (exact) mass is 394 g/mol. The van der Waals surface area contributed by atoms with Gasteiger partial charge in [0.1, 0.15) is 5.56 Å². The van der Waals surface area contributed by atoms with Crippen LogP contribution >= 0.6 is 0 Å². The van der Waals surface area contributed by atoms with Crippen molar-refractivity contribution < 1.29 is 31.5 Å². The number of pyridine rings is 1. The lowest BCUT2D eigenvalue weighted by molar-refractivity contribution is 0.101. The molecular weight excluding hydrogens is 383 g/mol. The Labute approximate surface area is 155 Å². The molecule has 0 atom stereocenters. The van der Waals surface area contributed by atoms with E-state index < -0.39 is 52.5 Å². The second kappa shape index (κ2) is 8.03. The lowest BCUT2D eigenvalue weighted by Gasteiger charge is -2.13. The van der Waals surface area contributed by atoms with Gasteiger partial charge in [0.05, 0.1) is 11.8 Å². The van der Waals surface area contributed by atoms with Crippen LogP contribution in [0.15, 0.2) is 54.7 Å². The fourth-order valence-corrected chi connectivity index (χ4v) is 2.32. The first-order valence-electron chi connectivity index (χ1n) is 7.83. The Bertz CT molecular complexity index is 1010. The molecule has 2 aromatic carbocycles. The van der Waals surface area contributed by atoms with Gasteiger partial charge in [-0.2, -0.15) is 0 Å². The van der Waals surface area contributed by atoms with Crippen LogP contribution < -0.4 is 10.1 Å². The number of carbonyl (C=O) groups is 1. The average molecular weight is 394 g/mol. The zero-order valence-corrected chi connectivity index (χ0v) is 13.9. The highest BCUT2D eigenvalue weighted by atomic mass is 19.3. The molecule has 1 amide bonds. The molecule has 0 unspecified atom stereocenters. The van der Waals surface area contributed by atoms with Crippen molar-refractivity contribution in [1.82, 2.24) is 4.98 Å². The Balaban J connectivity index is 2.00. The molecule has 0 bridgehead atoms.